The molecule has 2 unspecified atom stereocenters. The van der Waals surface area contributed by atoms with Crippen LogP contribution in [0.5, 0.6) is 0 Å². The quantitative estimate of drug-likeness (QED) is 0.774. The second-order valence-electron chi connectivity index (χ2n) is 7.34. The lowest BCUT2D eigenvalue weighted by atomic mass is 9.85. The standard InChI is InChI=1S/C16H32N2/c1-16(2)10-6-8-15(9-11-16)18(3)13-14-7-4-5-12-17-14/h14-15,17H,4-13H2,1-3H3. The summed E-state index contributed by atoms with van der Waals surface area (Å²) in [4.78, 5) is 2.64. The third-order valence-electron chi connectivity index (χ3n) is 5.09. The first-order chi connectivity index (χ1) is 8.57. The Hall–Kier alpha value is -0.0800. The van der Waals surface area contributed by atoms with E-state index in [0.29, 0.717) is 5.41 Å². The number of piperidine rings is 1. The summed E-state index contributed by atoms with van der Waals surface area (Å²) in [5, 5.41) is 3.68. The Kier molecular flexibility index (Phi) is 5.08. The van der Waals surface area contributed by atoms with Crippen LogP contribution >= 0.6 is 0 Å². The van der Waals surface area contributed by atoms with Crippen LogP contribution in [0, 0.1) is 5.41 Å². The molecule has 2 heteroatoms. The maximum absolute atomic E-state index is 3.68. The van der Waals surface area contributed by atoms with Crippen molar-refractivity contribution in [2.45, 2.75) is 77.3 Å². The van der Waals surface area contributed by atoms with Gasteiger partial charge in [0, 0.05) is 18.6 Å². The zero-order valence-corrected chi connectivity index (χ0v) is 12.7. The molecule has 0 radical (unpaired) electrons. The van der Waals surface area contributed by atoms with Crippen LogP contribution in [-0.4, -0.2) is 37.1 Å². The molecule has 1 saturated heterocycles. The monoisotopic (exact) mass is 252 g/mol. The highest BCUT2D eigenvalue weighted by Gasteiger charge is 2.27. The van der Waals surface area contributed by atoms with E-state index in [2.05, 4.69) is 31.1 Å². The molecule has 0 spiro atoms. The van der Waals surface area contributed by atoms with Gasteiger partial charge in [0.2, 0.25) is 0 Å². The Balaban J connectivity index is 1.79. The Morgan fingerprint density at radius 2 is 1.89 bits per heavy atom. The molecular formula is C16H32N2. The molecule has 0 bridgehead atoms. The summed E-state index contributed by atoms with van der Waals surface area (Å²) in [5.74, 6) is 0. The molecule has 0 amide bonds. The number of nitrogens with one attached hydrogen (secondary N) is 1. The lowest BCUT2D eigenvalue weighted by Gasteiger charge is -2.33. The number of rotatable bonds is 3. The van der Waals surface area contributed by atoms with E-state index < -0.39 is 0 Å². The van der Waals surface area contributed by atoms with Crippen molar-refractivity contribution in [1.29, 1.82) is 0 Å². The molecule has 1 saturated carbocycles. The molecule has 2 aliphatic rings. The first-order valence-electron chi connectivity index (χ1n) is 8.00. The van der Waals surface area contributed by atoms with Crippen molar-refractivity contribution in [2.75, 3.05) is 20.1 Å². The smallest absolute Gasteiger partial charge is 0.0195 e. The van der Waals surface area contributed by atoms with Crippen molar-refractivity contribution in [3.8, 4) is 0 Å². The van der Waals surface area contributed by atoms with Gasteiger partial charge in [-0.3, -0.25) is 0 Å². The van der Waals surface area contributed by atoms with E-state index in [4.69, 9.17) is 0 Å². The van der Waals surface area contributed by atoms with E-state index >= 15 is 0 Å². The van der Waals surface area contributed by atoms with Gasteiger partial charge in [-0.2, -0.15) is 0 Å². The van der Waals surface area contributed by atoms with Crippen molar-refractivity contribution in [1.82, 2.24) is 10.2 Å². The van der Waals surface area contributed by atoms with E-state index in [1.165, 1.54) is 64.5 Å². The lowest BCUT2D eigenvalue weighted by molar-refractivity contribution is 0.183. The van der Waals surface area contributed by atoms with Gasteiger partial charge in [0.15, 0.2) is 0 Å². The van der Waals surface area contributed by atoms with Gasteiger partial charge in [0.1, 0.15) is 0 Å². The molecule has 2 atom stereocenters. The summed E-state index contributed by atoms with van der Waals surface area (Å²) in [6.07, 6.45) is 11.2. The van der Waals surface area contributed by atoms with Crippen LogP contribution in [0.2, 0.25) is 0 Å². The molecule has 1 aliphatic heterocycles. The van der Waals surface area contributed by atoms with Gasteiger partial charge in [-0.25, -0.2) is 0 Å². The number of hydrogen-bond donors (Lipinski definition) is 1. The predicted octanol–water partition coefficient (Wildman–Crippen LogP) is 3.42. The van der Waals surface area contributed by atoms with E-state index in [1.807, 2.05) is 0 Å². The molecule has 18 heavy (non-hydrogen) atoms. The van der Waals surface area contributed by atoms with Crippen LogP contribution < -0.4 is 5.32 Å². The molecule has 0 aromatic carbocycles. The van der Waals surface area contributed by atoms with Crippen molar-refractivity contribution < 1.29 is 0 Å². The lowest BCUT2D eigenvalue weighted by Crippen LogP contribution is -2.45. The first-order valence-corrected chi connectivity index (χ1v) is 8.00. The largest absolute Gasteiger partial charge is 0.313 e. The average Bonchev–Trinajstić information content (AvgIpc) is 2.51. The Bertz CT molecular complexity index is 243. The third-order valence-corrected chi connectivity index (χ3v) is 5.09. The zero-order chi connectivity index (χ0) is 13.0. The van der Waals surface area contributed by atoms with Crippen LogP contribution in [0.25, 0.3) is 0 Å². The second kappa shape index (κ2) is 6.38. The van der Waals surface area contributed by atoms with Crippen molar-refractivity contribution in [3.05, 3.63) is 0 Å². The molecular weight excluding hydrogens is 220 g/mol. The predicted molar refractivity (Wildman–Crippen MR) is 78.9 cm³/mol. The highest BCUT2D eigenvalue weighted by atomic mass is 15.2. The van der Waals surface area contributed by atoms with Gasteiger partial charge in [0.05, 0.1) is 0 Å². The van der Waals surface area contributed by atoms with E-state index in [1.54, 1.807) is 0 Å². The summed E-state index contributed by atoms with van der Waals surface area (Å²) in [7, 11) is 2.35. The molecule has 1 heterocycles. The van der Waals surface area contributed by atoms with Crippen molar-refractivity contribution in [3.63, 3.8) is 0 Å². The minimum absolute atomic E-state index is 0.582. The number of hydrogen-bond acceptors (Lipinski definition) is 2. The molecule has 1 N–H and O–H groups in total. The highest BCUT2D eigenvalue weighted by Crippen LogP contribution is 2.35. The third kappa shape index (κ3) is 4.24. The second-order valence-corrected chi connectivity index (χ2v) is 7.34. The van der Waals surface area contributed by atoms with E-state index in [9.17, 15) is 0 Å². The van der Waals surface area contributed by atoms with Crippen LogP contribution in [0.15, 0.2) is 0 Å². The van der Waals surface area contributed by atoms with Gasteiger partial charge in [0.25, 0.3) is 0 Å². The summed E-state index contributed by atoms with van der Waals surface area (Å²) in [6, 6.07) is 1.58. The van der Waals surface area contributed by atoms with E-state index in [0.717, 1.165) is 12.1 Å². The SMILES string of the molecule is CN(CC1CCCCN1)C1CCCC(C)(C)CC1. The number of likely N-dealkylation sites (N-methyl/N-ethyl adjacent to an activating group) is 1. The summed E-state index contributed by atoms with van der Waals surface area (Å²) < 4.78 is 0. The molecule has 0 aromatic rings. The Morgan fingerprint density at radius 1 is 1.06 bits per heavy atom. The van der Waals surface area contributed by atoms with Crippen LogP contribution in [0.1, 0.15) is 65.2 Å². The van der Waals surface area contributed by atoms with Crippen molar-refractivity contribution >= 4 is 0 Å². The maximum atomic E-state index is 3.68. The van der Waals surface area contributed by atoms with Gasteiger partial charge < -0.3 is 10.2 Å². The van der Waals surface area contributed by atoms with Gasteiger partial charge in [-0.15, -0.1) is 0 Å². The molecule has 106 valence electrons. The molecule has 2 nitrogen and oxygen atoms in total. The molecule has 2 fully saturated rings. The van der Waals surface area contributed by atoms with Crippen LogP contribution in [0.3, 0.4) is 0 Å². The minimum atomic E-state index is 0.582. The molecule has 1 aliphatic carbocycles. The summed E-state index contributed by atoms with van der Waals surface area (Å²) in [6.45, 7) is 7.37. The fourth-order valence-electron chi connectivity index (χ4n) is 3.66. The molecule has 2 rings (SSSR count). The normalized spacial score (nSPS) is 33.3. The summed E-state index contributed by atoms with van der Waals surface area (Å²) >= 11 is 0. The Morgan fingerprint density at radius 3 is 2.61 bits per heavy atom. The highest BCUT2D eigenvalue weighted by molar-refractivity contribution is 4.83. The fourth-order valence-corrected chi connectivity index (χ4v) is 3.66. The Labute approximate surface area is 114 Å². The zero-order valence-electron chi connectivity index (χ0n) is 12.7. The summed E-state index contributed by atoms with van der Waals surface area (Å²) in [5.41, 5.74) is 0.582. The number of nitrogens with zero attached hydrogens (tertiary/aromatic N) is 1. The van der Waals surface area contributed by atoms with Crippen molar-refractivity contribution in [2.24, 2.45) is 5.41 Å². The van der Waals surface area contributed by atoms with Crippen LogP contribution in [0.4, 0.5) is 0 Å². The van der Waals surface area contributed by atoms with Gasteiger partial charge in [-0.1, -0.05) is 26.7 Å². The maximum Gasteiger partial charge on any atom is 0.0195 e. The molecule has 0 aromatic heterocycles. The van der Waals surface area contributed by atoms with Gasteiger partial charge in [-0.05, 0) is 57.5 Å². The van der Waals surface area contributed by atoms with E-state index in [-0.39, 0.29) is 0 Å². The first kappa shape index (κ1) is 14.3. The van der Waals surface area contributed by atoms with Crippen LogP contribution in [-0.2, 0) is 0 Å². The van der Waals surface area contributed by atoms with Gasteiger partial charge >= 0.3 is 0 Å². The minimum Gasteiger partial charge on any atom is -0.313 e. The topological polar surface area (TPSA) is 15.3 Å². The average molecular weight is 252 g/mol. The fraction of sp³-hybridized carbons (Fsp3) is 1.00.